The Bertz CT molecular complexity index is 901. The predicted octanol–water partition coefficient (Wildman–Crippen LogP) is 2.79. The molecule has 3 rings (SSSR count). The van der Waals surface area contributed by atoms with Gasteiger partial charge in [-0.05, 0) is 38.0 Å². The number of carbonyl (C=O) groups is 3. The standard InChI is InChI=1S/C26H39N3O6/c1-6-24(30)29-14-17(2)23(33-5)15-28(4)26(32)21-13-20(7-8-22(21)35-16-18(29)3)27-25(31)19-9-11-34-12-10-19/h7-8,13,17-19,23H,6,9-12,14-16H2,1-5H3,(H,27,31)/t17-,18+,23-/m0/s1. The van der Waals surface area contributed by atoms with Crippen LogP contribution in [0.15, 0.2) is 18.2 Å². The van der Waals surface area contributed by atoms with Crippen LogP contribution in [-0.2, 0) is 19.1 Å². The lowest BCUT2D eigenvalue weighted by molar-refractivity contribution is -0.135. The number of hydrogen-bond acceptors (Lipinski definition) is 6. The van der Waals surface area contributed by atoms with Crippen LogP contribution in [0.5, 0.6) is 5.75 Å². The minimum Gasteiger partial charge on any atom is -0.491 e. The Balaban J connectivity index is 1.90. The first kappa shape index (κ1) is 26.9. The van der Waals surface area contributed by atoms with Crippen molar-refractivity contribution in [1.82, 2.24) is 9.80 Å². The van der Waals surface area contributed by atoms with E-state index in [4.69, 9.17) is 14.2 Å². The fourth-order valence-corrected chi connectivity index (χ4v) is 4.61. The fraction of sp³-hybridized carbons (Fsp3) is 0.654. The summed E-state index contributed by atoms with van der Waals surface area (Å²) >= 11 is 0. The molecule has 0 aliphatic carbocycles. The molecule has 1 aromatic rings. The van der Waals surface area contributed by atoms with Crippen LogP contribution in [0.1, 0.15) is 50.4 Å². The maximum Gasteiger partial charge on any atom is 0.257 e. The molecule has 194 valence electrons. The van der Waals surface area contributed by atoms with E-state index in [9.17, 15) is 14.4 Å². The summed E-state index contributed by atoms with van der Waals surface area (Å²) in [6.07, 6.45) is 1.52. The normalized spacial score (nSPS) is 24.6. The molecule has 9 heteroatoms. The van der Waals surface area contributed by atoms with Gasteiger partial charge in [-0.2, -0.15) is 0 Å². The summed E-state index contributed by atoms with van der Waals surface area (Å²) < 4.78 is 17.2. The van der Waals surface area contributed by atoms with E-state index in [1.54, 1.807) is 37.3 Å². The second-order valence-electron chi connectivity index (χ2n) is 9.58. The molecule has 0 radical (unpaired) electrons. The molecule has 1 fully saturated rings. The van der Waals surface area contributed by atoms with Gasteiger partial charge in [-0.3, -0.25) is 14.4 Å². The molecular formula is C26H39N3O6. The molecule has 35 heavy (non-hydrogen) atoms. The van der Waals surface area contributed by atoms with Crippen LogP contribution < -0.4 is 10.1 Å². The maximum atomic E-state index is 13.5. The molecular weight excluding hydrogens is 450 g/mol. The third-order valence-electron chi connectivity index (χ3n) is 6.93. The van der Waals surface area contributed by atoms with E-state index in [-0.39, 0.29) is 48.3 Å². The number of hydrogen-bond donors (Lipinski definition) is 1. The van der Waals surface area contributed by atoms with Crippen LogP contribution in [0.2, 0.25) is 0 Å². The molecule has 1 N–H and O–H groups in total. The summed E-state index contributed by atoms with van der Waals surface area (Å²) in [6.45, 7) is 8.10. The van der Waals surface area contributed by atoms with E-state index in [2.05, 4.69) is 5.32 Å². The van der Waals surface area contributed by atoms with Gasteiger partial charge in [0.1, 0.15) is 12.4 Å². The number of methoxy groups -OCH3 is 1. The van der Waals surface area contributed by atoms with E-state index in [1.165, 1.54) is 0 Å². The van der Waals surface area contributed by atoms with Gasteiger partial charge in [-0.25, -0.2) is 0 Å². The van der Waals surface area contributed by atoms with E-state index in [1.807, 2.05) is 25.7 Å². The second-order valence-corrected chi connectivity index (χ2v) is 9.58. The first-order valence-electron chi connectivity index (χ1n) is 12.5. The topological polar surface area (TPSA) is 97.4 Å². The largest absolute Gasteiger partial charge is 0.491 e. The van der Waals surface area contributed by atoms with Gasteiger partial charge in [0, 0.05) is 64.4 Å². The SMILES string of the molecule is CCC(=O)N1C[C@H](C)[C@@H](OC)CN(C)C(=O)c2cc(NC(=O)C3CCOCC3)ccc2OC[C@H]1C. The zero-order chi connectivity index (χ0) is 25.5. The highest BCUT2D eigenvalue weighted by Gasteiger charge is 2.30. The number of anilines is 1. The molecule has 0 spiro atoms. The molecule has 0 bridgehead atoms. The molecule has 0 unspecified atom stereocenters. The zero-order valence-corrected chi connectivity index (χ0v) is 21.5. The van der Waals surface area contributed by atoms with E-state index in [0.717, 1.165) is 0 Å². The van der Waals surface area contributed by atoms with Crippen molar-refractivity contribution in [3.8, 4) is 5.75 Å². The van der Waals surface area contributed by atoms with Gasteiger partial charge in [0.2, 0.25) is 11.8 Å². The molecule has 2 aliphatic rings. The van der Waals surface area contributed by atoms with Crippen molar-refractivity contribution < 1.29 is 28.6 Å². The number of fused-ring (bicyclic) bond motifs is 1. The van der Waals surface area contributed by atoms with Crippen LogP contribution in [0, 0.1) is 11.8 Å². The number of nitrogens with one attached hydrogen (secondary N) is 1. The summed E-state index contributed by atoms with van der Waals surface area (Å²) in [5.41, 5.74) is 0.908. The third-order valence-corrected chi connectivity index (χ3v) is 6.93. The van der Waals surface area contributed by atoms with Crippen molar-refractivity contribution in [2.24, 2.45) is 11.8 Å². The summed E-state index contributed by atoms with van der Waals surface area (Å²) in [4.78, 5) is 42.3. The van der Waals surface area contributed by atoms with Crippen molar-refractivity contribution in [3.63, 3.8) is 0 Å². The Morgan fingerprint density at radius 3 is 2.54 bits per heavy atom. The van der Waals surface area contributed by atoms with Gasteiger partial charge < -0.3 is 29.3 Å². The first-order valence-corrected chi connectivity index (χ1v) is 12.5. The van der Waals surface area contributed by atoms with Crippen LogP contribution in [0.4, 0.5) is 5.69 Å². The zero-order valence-electron chi connectivity index (χ0n) is 21.5. The highest BCUT2D eigenvalue weighted by atomic mass is 16.5. The summed E-state index contributed by atoms with van der Waals surface area (Å²) in [7, 11) is 3.35. The number of amides is 3. The van der Waals surface area contributed by atoms with Crippen LogP contribution in [0.25, 0.3) is 0 Å². The minimum absolute atomic E-state index is 0.0113. The van der Waals surface area contributed by atoms with Crippen molar-refractivity contribution in [3.05, 3.63) is 23.8 Å². The second kappa shape index (κ2) is 12.4. The van der Waals surface area contributed by atoms with Crippen molar-refractivity contribution >= 4 is 23.4 Å². The molecule has 1 saturated heterocycles. The Morgan fingerprint density at radius 2 is 1.89 bits per heavy atom. The van der Waals surface area contributed by atoms with Crippen molar-refractivity contribution in [2.75, 3.05) is 52.4 Å². The van der Waals surface area contributed by atoms with Gasteiger partial charge in [0.25, 0.3) is 5.91 Å². The number of likely N-dealkylation sites (N-methyl/N-ethyl adjacent to an activating group) is 1. The van der Waals surface area contributed by atoms with E-state index >= 15 is 0 Å². The number of rotatable bonds is 4. The molecule has 3 amide bonds. The monoisotopic (exact) mass is 489 g/mol. The lowest BCUT2D eigenvalue weighted by Gasteiger charge is -2.36. The molecule has 0 aromatic heterocycles. The summed E-state index contributed by atoms with van der Waals surface area (Å²) in [6, 6.07) is 4.94. The van der Waals surface area contributed by atoms with Gasteiger partial charge in [-0.15, -0.1) is 0 Å². The average Bonchev–Trinajstić information content (AvgIpc) is 2.88. The van der Waals surface area contributed by atoms with Gasteiger partial charge >= 0.3 is 0 Å². The lowest BCUT2D eigenvalue weighted by atomic mass is 9.99. The van der Waals surface area contributed by atoms with E-state index < -0.39 is 0 Å². The highest BCUT2D eigenvalue weighted by Crippen LogP contribution is 2.27. The highest BCUT2D eigenvalue weighted by molar-refractivity contribution is 5.99. The lowest BCUT2D eigenvalue weighted by Crippen LogP contribution is -2.48. The minimum atomic E-state index is -0.247. The quantitative estimate of drug-likeness (QED) is 0.699. The average molecular weight is 490 g/mol. The summed E-state index contributed by atoms with van der Waals surface area (Å²) in [5, 5.41) is 2.95. The van der Waals surface area contributed by atoms with Gasteiger partial charge in [-0.1, -0.05) is 13.8 Å². The Morgan fingerprint density at radius 1 is 1.17 bits per heavy atom. The van der Waals surface area contributed by atoms with E-state index in [0.29, 0.717) is 62.6 Å². The van der Waals surface area contributed by atoms with Crippen LogP contribution in [0.3, 0.4) is 0 Å². The number of benzene rings is 1. The number of ether oxygens (including phenoxy) is 3. The molecule has 0 saturated carbocycles. The fourth-order valence-electron chi connectivity index (χ4n) is 4.61. The molecule has 2 aliphatic heterocycles. The van der Waals surface area contributed by atoms with Crippen molar-refractivity contribution in [2.45, 2.75) is 52.2 Å². The van der Waals surface area contributed by atoms with Crippen LogP contribution in [-0.4, -0.2) is 86.7 Å². The molecule has 3 atom stereocenters. The summed E-state index contributed by atoms with van der Waals surface area (Å²) in [5.74, 6) is 0.0910. The Hall–Kier alpha value is -2.65. The van der Waals surface area contributed by atoms with Crippen molar-refractivity contribution in [1.29, 1.82) is 0 Å². The molecule has 2 heterocycles. The number of nitrogens with zero attached hydrogens (tertiary/aromatic N) is 2. The van der Waals surface area contributed by atoms with Gasteiger partial charge in [0.05, 0.1) is 17.7 Å². The molecule has 1 aromatic carbocycles. The maximum absolute atomic E-state index is 13.5. The third kappa shape index (κ3) is 6.73. The smallest absolute Gasteiger partial charge is 0.257 e. The Labute approximate surface area is 208 Å². The Kier molecular flexibility index (Phi) is 9.51. The van der Waals surface area contributed by atoms with Crippen LogP contribution >= 0.6 is 0 Å². The molecule has 9 nitrogen and oxygen atoms in total. The predicted molar refractivity (Wildman–Crippen MR) is 132 cm³/mol. The van der Waals surface area contributed by atoms with Gasteiger partial charge in [0.15, 0.2) is 0 Å². The number of carbonyl (C=O) groups excluding carboxylic acids is 3. The first-order chi connectivity index (χ1) is 16.7.